The number of ether oxygens (including phenoxy) is 1. The molecule has 0 saturated carbocycles. The van der Waals surface area contributed by atoms with Crippen LogP contribution in [-0.2, 0) is 9.59 Å². The van der Waals surface area contributed by atoms with Gasteiger partial charge in [0.05, 0.1) is 7.11 Å². The van der Waals surface area contributed by atoms with E-state index in [0.29, 0.717) is 37.2 Å². The van der Waals surface area contributed by atoms with Crippen LogP contribution in [0.2, 0.25) is 0 Å². The molecule has 6 heteroatoms. The van der Waals surface area contributed by atoms with E-state index < -0.39 is 6.04 Å². The smallest absolute Gasteiger partial charge is 0.252 e. The highest BCUT2D eigenvalue weighted by Crippen LogP contribution is 2.22. The second-order valence-corrected chi connectivity index (χ2v) is 6.84. The van der Waals surface area contributed by atoms with Crippen LogP contribution >= 0.6 is 0 Å². The van der Waals surface area contributed by atoms with Gasteiger partial charge in [0.2, 0.25) is 5.91 Å². The van der Waals surface area contributed by atoms with E-state index in [1.807, 2.05) is 30.3 Å². The summed E-state index contributed by atoms with van der Waals surface area (Å²) >= 11 is 0. The van der Waals surface area contributed by atoms with Gasteiger partial charge in [-0.1, -0.05) is 30.3 Å². The Morgan fingerprint density at radius 2 is 1.71 bits per heavy atom. The van der Waals surface area contributed by atoms with Crippen LogP contribution in [0.1, 0.15) is 34.8 Å². The lowest BCUT2D eigenvalue weighted by molar-refractivity contribution is -0.135. The fraction of sp³-hybridized carbons (Fsp3) is 0.318. The van der Waals surface area contributed by atoms with Crippen molar-refractivity contribution < 1.29 is 19.1 Å². The fourth-order valence-electron chi connectivity index (χ4n) is 3.33. The molecule has 2 aromatic carbocycles. The standard InChI is InChI=1S/C22H24N2O4/c1-28-19-9-7-18(8-10-19)21(26)23-20(17-5-3-2-4-6-17)22(27)24-13-11-16(15-25)12-14-24/h2-10,15-16,20H,11-14H2,1H3,(H,23,26)/t20-/m1/s1. The lowest BCUT2D eigenvalue weighted by Crippen LogP contribution is -2.46. The Hall–Kier alpha value is -3.15. The van der Waals surface area contributed by atoms with E-state index in [4.69, 9.17) is 4.74 Å². The Morgan fingerprint density at radius 1 is 1.07 bits per heavy atom. The molecular formula is C22H24N2O4. The summed E-state index contributed by atoms with van der Waals surface area (Å²) in [5.41, 5.74) is 1.18. The Morgan fingerprint density at radius 3 is 2.29 bits per heavy atom. The Kier molecular flexibility index (Phi) is 6.42. The van der Waals surface area contributed by atoms with Crippen molar-refractivity contribution in [2.75, 3.05) is 20.2 Å². The fourth-order valence-corrected chi connectivity index (χ4v) is 3.33. The van der Waals surface area contributed by atoms with Gasteiger partial charge in [0, 0.05) is 24.6 Å². The van der Waals surface area contributed by atoms with Crippen molar-refractivity contribution in [2.45, 2.75) is 18.9 Å². The molecule has 1 N–H and O–H groups in total. The molecule has 0 spiro atoms. The predicted molar refractivity (Wildman–Crippen MR) is 105 cm³/mol. The Labute approximate surface area is 164 Å². The summed E-state index contributed by atoms with van der Waals surface area (Å²) in [7, 11) is 1.56. The van der Waals surface area contributed by atoms with E-state index in [2.05, 4.69) is 5.32 Å². The van der Waals surface area contributed by atoms with Crippen molar-refractivity contribution in [3.63, 3.8) is 0 Å². The number of amides is 2. The van der Waals surface area contributed by atoms with Crippen LogP contribution in [0.15, 0.2) is 54.6 Å². The first-order chi connectivity index (χ1) is 13.6. The minimum Gasteiger partial charge on any atom is -0.497 e. The maximum absolute atomic E-state index is 13.2. The molecule has 0 bridgehead atoms. The topological polar surface area (TPSA) is 75.7 Å². The lowest BCUT2D eigenvalue weighted by Gasteiger charge is -2.33. The number of benzene rings is 2. The molecule has 1 heterocycles. The second kappa shape index (κ2) is 9.17. The molecule has 0 aromatic heterocycles. The SMILES string of the molecule is COc1ccc(C(=O)N[C@@H](C(=O)N2CCC(C=O)CC2)c2ccccc2)cc1. The first-order valence-corrected chi connectivity index (χ1v) is 9.36. The van der Waals surface area contributed by atoms with Crippen LogP contribution in [0, 0.1) is 5.92 Å². The van der Waals surface area contributed by atoms with Crippen LogP contribution in [0.25, 0.3) is 0 Å². The average molecular weight is 380 g/mol. The minimum atomic E-state index is -0.774. The van der Waals surface area contributed by atoms with Gasteiger partial charge < -0.3 is 19.7 Å². The van der Waals surface area contributed by atoms with E-state index >= 15 is 0 Å². The maximum Gasteiger partial charge on any atom is 0.252 e. The highest BCUT2D eigenvalue weighted by Gasteiger charge is 2.30. The Bertz CT molecular complexity index is 812. The van der Waals surface area contributed by atoms with Gasteiger partial charge in [-0.3, -0.25) is 9.59 Å². The molecule has 146 valence electrons. The van der Waals surface area contributed by atoms with Gasteiger partial charge in [-0.05, 0) is 42.7 Å². The molecule has 0 radical (unpaired) electrons. The molecule has 28 heavy (non-hydrogen) atoms. The Balaban J connectivity index is 1.78. The highest BCUT2D eigenvalue weighted by atomic mass is 16.5. The molecule has 1 aliphatic heterocycles. The van der Waals surface area contributed by atoms with Crippen LogP contribution in [-0.4, -0.2) is 43.2 Å². The zero-order chi connectivity index (χ0) is 19.9. The van der Waals surface area contributed by atoms with Gasteiger partial charge in [0.15, 0.2) is 0 Å². The molecule has 2 aromatic rings. The van der Waals surface area contributed by atoms with Gasteiger partial charge in [-0.2, -0.15) is 0 Å². The normalized spacial score (nSPS) is 15.5. The molecule has 1 fully saturated rings. The summed E-state index contributed by atoms with van der Waals surface area (Å²) in [4.78, 5) is 38.6. The number of hydrogen-bond acceptors (Lipinski definition) is 4. The number of likely N-dealkylation sites (tertiary alicyclic amines) is 1. The zero-order valence-electron chi connectivity index (χ0n) is 15.8. The van der Waals surface area contributed by atoms with Crippen molar-refractivity contribution >= 4 is 18.1 Å². The summed E-state index contributed by atoms with van der Waals surface area (Å²) in [5, 5.41) is 2.87. The number of rotatable bonds is 6. The number of piperidine rings is 1. The summed E-state index contributed by atoms with van der Waals surface area (Å²) in [6.07, 6.45) is 2.27. The summed E-state index contributed by atoms with van der Waals surface area (Å²) in [6.45, 7) is 1.04. The molecule has 6 nitrogen and oxygen atoms in total. The molecule has 3 rings (SSSR count). The lowest BCUT2D eigenvalue weighted by atomic mass is 9.97. The van der Waals surface area contributed by atoms with Gasteiger partial charge in [-0.15, -0.1) is 0 Å². The van der Waals surface area contributed by atoms with Gasteiger partial charge in [0.1, 0.15) is 18.1 Å². The molecule has 1 aliphatic rings. The van der Waals surface area contributed by atoms with Gasteiger partial charge in [-0.25, -0.2) is 0 Å². The van der Waals surface area contributed by atoms with Crippen molar-refractivity contribution in [2.24, 2.45) is 5.92 Å². The van der Waals surface area contributed by atoms with Crippen molar-refractivity contribution in [3.8, 4) is 5.75 Å². The quantitative estimate of drug-likeness (QED) is 0.782. The average Bonchev–Trinajstić information content (AvgIpc) is 2.77. The number of aldehydes is 1. The first kappa shape index (κ1) is 19.6. The van der Waals surface area contributed by atoms with Crippen molar-refractivity contribution in [3.05, 3.63) is 65.7 Å². The molecule has 2 amide bonds. The number of carbonyl (C=O) groups excluding carboxylic acids is 3. The van der Waals surface area contributed by atoms with Crippen molar-refractivity contribution in [1.29, 1.82) is 0 Å². The van der Waals surface area contributed by atoms with Crippen LogP contribution in [0.3, 0.4) is 0 Å². The zero-order valence-corrected chi connectivity index (χ0v) is 15.8. The molecular weight excluding hydrogens is 356 g/mol. The van der Waals surface area contributed by atoms with Gasteiger partial charge >= 0.3 is 0 Å². The largest absolute Gasteiger partial charge is 0.497 e. The first-order valence-electron chi connectivity index (χ1n) is 9.36. The summed E-state index contributed by atoms with van der Waals surface area (Å²) in [5.74, 6) is 0.184. The van der Waals surface area contributed by atoms with E-state index in [0.717, 1.165) is 11.8 Å². The third-order valence-electron chi connectivity index (χ3n) is 5.05. The van der Waals surface area contributed by atoms with E-state index in [-0.39, 0.29) is 17.7 Å². The highest BCUT2D eigenvalue weighted by molar-refractivity contribution is 5.98. The molecule has 0 unspecified atom stereocenters. The number of nitrogens with zero attached hydrogens (tertiary/aromatic N) is 1. The van der Waals surface area contributed by atoms with Gasteiger partial charge in [0.25, 0.3) is 5.91 Å². The van der Waals surface area contributed by atoms with E-state index in [1.165, 1.54) is 0 Å². The number of methoxy groups -OCH3 is 1. The van der Waals surface area contributed by atoms with Crippen LogP contribution < -0.4 is 10.1 Å². The molecule has 0 aliphatic carbocycles. The predicted octanol–water partition coefficient (Wildman–Crippen LogP) is 2.60. The number of hydrogen-bond donors (Lipinski definition) is 1. The van der Waals surface area contributed by atoms with Crippen LogP contribution in [0.5, 0.6) is 5.75 Å². The second-order valence-electron chi connectivity index (χ2n) is 6.84. The molecule has 1 atom stereocenters. The van der Waals surface area contributed by atoms with E-state index in [9.17, 15) is 14.4 Å². The summed E-state index contributed by atoms with van der Waals surface area (Å²) in [6, 6.07) is 15.2. The van der Waals surface area contributed by atoms with E-state index in [1.54, 1.807) is 36.3 Å². The third kappa shape index (κ3) is 4.57. The third-order valence-corrected chi connectivity index (χ3v) is 5.05. The molecule has 1 saturated heterocycles. The monoisotopic (exact) mass is 380 g/mol. The van der Waals surface area contributed by atoms with Crippen LogP contribution in [0.4, 0.5) is 0 Å². The number of carbonyl (C=O) groups is 3. The maximum atomic E-state index is 13.2. The summed E-state index contributed by atoms with van der Waals surface area (Å²) < 4.78 is 5.12. The van der Waals surface area contributed by atoms with Crippen molar-refractivity contribution in [1.82, 2.24) is 10.2 Å². The minimum absolute atomic E-state index is 0.00751. The number of nitrogens with one attached hydrogen (secondary N) is 1.